The number of rotatable bonds is 7. The third-order valence-electron chi connectivity index (χ3n) is 5.65. The van der Waals surface area contributed by atoms with E-state index >= 15 is 8.78 Å². The molecule has 194 valence electrons. The topological polar surface area (TPSA) is 78.0 Å². The molecule has 1 heterocycles. The van der Waals surface area contributed by atoms with E-state index in [1.165, 1.54) is 36.4 Å². The summed E-state index contributed by atoms with van der Waals surface area (Å²) in [6.07, 6.45) is -5.78. The van der Waals surface area contributed by atoms with E-state index in [-0.39, 0.29) is 39.7 Å². The summed E-state index contributed by atoms with van der Waals surface area (Å²) in [5.41, 5.74) is -1.10. The van der Waals surface area contributed by atoms with Crippen LogP contribution >= 0.6 is 11.6 Å². The van der Waals surface area contributed by atoms with Crippen molar-refractivity contribution in [2.75, 3.05) is 0 Å². The molecule has 0 saturated heterocycles. The number of nitrogens with zero attached hydrogens (tertiary/aromatic N) is 2. The maximum absolute atomic E-state index is 15.1. The second-order valence-corrected chi connectivity index (χ2v) is 10.2. The molecular formula is C25H19ClF5N3O2S. The van der Waals surface area contributed by atoms with E-state index in [0.717, 1.165) is 12.1 Å². The highest BCUT2D eigenvalue weighted by Gasteiger charge is 2.62. The fourth-order valence-corrected chi connectivity index (χ4v) is 4.49. The van der Waals surface area contributed by atoms with E-state index in [9.17, 15) is 21.6 Å². The fourth-order valence-electron chi connectivity index (χ4n) is 3.85. The number of nitrogens with two attached hydrogens (primary N) is 1. The normalized spacial score (nSPS) is 12.6. The Morgan fingerprint density at radius 3 is 1.95 bits per heavy atom. The molecular weight excluding hydrogens is 537 g/mol. The van der Waals surface area contributed by atoms with Crippen LogP contribution in [0.15, 0.2) is 83.8 Å². The highest BCUT2D eigenvalue weighted by atomic mass is 35.5. The van der Waals surface area contributed by atoms with Crippen molar-refractivity contribution in [3.8, 4) is 22.4 Å². The van der Waals surface area contributed by atoms with Gasteiger partial charge in [0.15, 0.2) is 0 Å². The Hall–Kier alpha value is -3.28. The molecule has 0 aliphatic rings. The molecule has 0 aliphatic carbocycles. The summed E-state index contributed by atoms with van der Waals surface area (Å²) in [4.78, 5) is -0.256. The van der Waals surface area contributed by atoms with Gasteiger partial charge >= 0.3 is 12.1 Å². The molecule has 3 aromatic carbocycles. The Balaban J connectivity index is 1.98. The number of benzene rings is 3. The minimum Gasteiger partial charge on any atom is -0.261 e. The van der Waals surface area contributed by atoms with Crippen LogP contribution in [0, 0.1) is 0 Å². The van der Waals surface area contributed by atoms with Gasteiger partial charge in [0.1, 0.15) is 11.4 Å². The molecule has 1 aromatic heterocycles. The van der Waals surface area contributed by atoms with Crippen molar-refractivity contribution in [2.45, 2.75) is 30.0 Å². The van der Waals surface area contributed by atoms with Crippen LogP contribution in [0.4, 0.5) is 22.0 Å². The Bertz CT molecular complexity index is 1500. The maximum atomic E-state index is 15.1. The van der Waals surface area contributed by atoms with Crippen LogP contribution in [0.1, 0.15) is 11.3 Å². The zero-order valence-corrected chi connectivity index (χ0v) is 20.5. The van der Waals surface area contributed by atoms with Gasteiger partial charge in [0.2, 0.25) is 10.0 Å². The lowest BCUT2D eigenvalue weighted by Crippen LogP contribution is -2.36. The average molecular weight is 556 g/mol. The molecule has 0 spiro atoms. The molecule has 0 saturated carbocycles. The molecule has 12 heteroatoms. The molecule has 0 unspecified atom stereocenters. The van der Waals surface area contributed by atoms with Gasteiger partial charge in [-0.15, -0.1) is 0 Å². The number of hydrogen-bond acceptors (Lipinski definition) is 3. The molecule has 4 rings (SSSR count). The highest BCUT2D eigenvalue weighted by Crippen LogP contribution is 2.49. The Labute approximate surface area is 214 Å². The molecule has 37 heavy (non-hydrogen) atoms. The highest BCUT2D eigenvalue weighted by molar-refractivity contribution is 7.89. The number of hydrogen-bond donors (Lipinski definition) is 1. The zero-order valence-electron chi connectivity index (χ0n) is 18.9. The minimum atomic E-state index is -5.91. The maximum Gasteiger partial charge on any atom is 0.459 e. The van der Waals surface area contributed by atoms with Gasteiger partial charge in [-0.3, -0.25) is 4.68 Å². The van der Waals surface area contributed by atoms with E-state index in [0.29, 0.717) is 10.2 Å². The van der Waals surface area contributed by atoms with Crippen molar-refractivity contribution in [3.05, 3.63) is 95.1 Å². The van der Waals surface area contributed by atoms with Crippen molar-refractivity contribution in [1.82, 2.24) is 9.78 Å². The lowest BCUT2D eigenvalue weighted by Gasteiger charge is -2.22. The van der Waals surface area contributed by atoms with Crippen LogP contribution in [0.2, 0.25) is 5.02 Å². The van der Waals surface area contributed by atoms with Crippen LogP contribution in [0.3, 0.4) is 0 Å². The number of aryl methyl sites for hydroxylation is 2. The summed E-state index contributed by atoms with van der Waals surface area (Å²) in [6, 6.07) is 18.8. The van der Waals surface area contributed by atoms with Gasteiger partial charge in [-0.25, -0.2) is 13.6 Å². The molecule has 0 amide bonds. The van der Waals surface area contributed by atoms with Gasteiger partial charge in [-0.2, -0.15) is 27.1 Å². The van der Waals surface area contributed by atoms with Gasteiger partial charge in [-0.1, -0.05) is 66.2 Å². The van der Waals surface area contributed by atoms with Crippen molar-refractivity contribution in [3.63, 3.8) is 0 Å². The first-order valence-electron chi connectivity index (χ1n) is 10.8. The SMILES string of the molecule is NS(=O)(=O)c1ccc(-c2nn(CCc3ccccc3)c(C(F)(F)C(F)(F)F)c2-c2ccc(Cl)cc2)cc1. The second kappa shape index (κ2) is 9.88. The van der Waals surface area contributed by atoms with Gasteiger partial charge in [-0.05, 0) is 41.8 Å². The van der Waals surface area contributed by atoms with Crippen molar-refractivity contribution in [2.24, 2.45) is 5.14 Å². The van der Waals surface area contributed by atoms with Gasteiger partial charge in [0, 0.05) is 22.7 Å². The monoisotopic (exact) mass is 555 g/mol. The number of halogens is 6. The molecule has 0 aliphatic heterocycles. The van der Waals surface area contributed by atoms with Crippen LogP contribution in [-0.2, 0) is 28.9 Å². The van der Waals surface area contributed by atoms with E-state index in [1.807, 2.05) is 0 Å². The standard InChI is InChI=1S/C25H19ClF5N3O2S/c26-19-10-6-17(7-11-19)21-22(18-8-12-20(13-9-18)37(32,35)36)33-34(15-14-16-4-2-1-3-5-16)23(21)24(27,28)25(29,30)31/h1-13H,14-15H2,(H2,32,35,36). The Kier molecular flexibility index (Phi) is 7.15. The van der Waals surface area contributed by atoms with Crippen LogP contribution < -0.4 is 5.14 Å². The van der Waals surface area contributed by atoms with Gasteiger partial charge in [0.05, 0.1) is 4.90 Å². The minimum absolute atomic E-state index is 0.0276. The van der Waals surface area contributed by atoms with Crippen LogP contribution in [0.5, 0.6) is 0 Å². The summed E-state index contributed by atoms with van der Waals surface area (Å²) in [6.45, 7) is -0.277. The summed E-state index contributed by atoms with van der Waals surface area (Å²) in [5, 5.41) is 9.57. The summed E-state index contributed by atoms with van der Waals surface area (Å²) in [5.74, 6) is -5.26. The van der Waals surface area contributed by atoms with E-state index in [2.05, 4.69) is 5.10 Å². The predicted octanol–water partition coefficient (Wildman–Crippen LogP) is 6.41. The number of sulfonamides is 1. The summed E-state index contributed by atoms with van der Waals surface area (Å²) >= 11 is 5.92. The molecule has 0 bridgehead atoms. The third-order valence-corrected chi connectivity index (χ3v) is 6.83. The molecule has 4 aromatic rings. The first-order chi connectivity index (χ1) is 17.3. The molecule has 0 fully saturated rings. The van der Waals surface area contributed by atoms with Gasteiger partial charge < -0.3 is 0 Å². The van der Waals surface area contributed by atoms with Crippen molar-refractivity contribution >= 4 is 21.6 Å². The largest absolute Gasteiger partial charge is 0.459 e. The quantitative estimate of drug-likeness (QED) is 0.268. The predicted molar refractivity (Wildman–Crippen MR) is 130 cm³/mol. The summed E-state index contributed by atoms with van der Waals surface area (Å²) in [7, 11) is -4.06. The first-order valence-corrected chi connectivity index (χ1v) is 12.7. The third kappa shape index (κ3) is 5.53. The second-order valence-electron chi connectivity index (χ2n) is 8.18. The number of aromatic nitrogens is 2. The van der Waals surface area contributed by atoms with E-state index in [1.54, 1.807) is 30.3 Å². The number of primary sulfonamides is 1. The Morgan fingerprint density at radius 2 is 1.41 bits per heavy atom. The lowest BCUT2D eigenvalue weighted by molar-refractivity contribution is -0.291. The van der Waals surface area contributed by atoms with Gasteiger partial charge in [0.25, 0.3) is 0 Å². The summed E-state index contributed by atoms with van der Waals surface area (Å²) < 4.78 is 95.4. The van der Waals surface area contributed by atoms with E-state index < -0.39 is 33.4 Å². The van der Waals surface area contributed by atoms with Crippen LogP contribution in [-0.4, -0.2) is 24.4 Å². The van der Waals surface area contributed by atoms with Crippen molar-refractivity contribution in [1.29, 1.82) is 0 Å². The molecule has 5 nitrogen and oxygen atoms in total. The zero-order chi connectivity index (χ0) is 27.0. The average Bonchev–Trinajstić information content (AvgIpc) is 3.23. The van der Waals surface area contributed by atoms with Crippen molar-refractivity contribution < 1.29 is 30.4 Å². The molecule has 2 N–H and O–H groups in total. The molecule has 0 radical (unpaired) electrons. The fraction of sp³-hybridized carbons (Fsp3) is 0.160. The molecule has 0 atom stereocenters. The Morgan fingerprint density at radius 1 is 0.838 bits per heavy atom. The smallest absolute Gasteiger partial charge is 0.261 e. The van der Waals surface area contributed by atoms with Crippen LogP contribution in [0.25, 0.3) is 22.4 Å². The first kappa shape index (κ1) is 26.8. The lowest BCUT2D eigenvalue weighted by atomic mass is 9.96. The number of alkyl halides is 5. The van der Waals surface area contributed by atoms with E-state index in [4.69, 9.17) is 16.7 Å².